The van der Waals surface area contributed by atoms with Gasteiger partial charge in [-0.3, -0.25) is 15.0 Å². The number of hydrogen-bond acceptors (Lipinski definition) is 5. The molecular weight excluding hydrogens is 308 g/mol. The van der Waals surface area contributed by atoms with Crippen LogP contribution < -0.4 is 4.74 Å². The Morgan fingerprint density at radius 2 is 2.08 bits per heavy atom. The van der Waals surface area contributed by atoms with Crippen LogP contribution in [-0.4, -0.2) is 35.1 Å². The first-order chi connectivity index (χ1) is 11.6. The summed E-state index contributed by atoms with van der Waals surface area (Å²) < 4.78 is 5.15. The number of nitro benzene ring substituents is 1. The van der Waals surface area contributed by atoms with Crippen molar-refractivity contribution in [3.05, 3.63) is 63.2 Å². The zero-order chi connectivity index (χ0) is 17.1. The van der Waals surface area contributed by atoms with Crippen LogP contribution in [0.5, 0.6) is 11.5 Å². The fourth-order valence-corrected chi connectivity index (χ4v) is 3.17. The van der Waals surface area contributed by atoms with Crippen LogP contribution in [0.3, 0.4) is 0 Å². The summed E-state index contributed by atoms with van der Waals surface area (Å²) in [5.74, 6) is 0.652. The monoisotopic (exact) mass is 328 g/mol. The minimum atomic E-state index is -0.328. The summed E-state index contributed by atoms with van der Waals surface area (Å²) in [4.78, 5) is 13.0. The number of rotatable bonds is 5. The van der Waals surface area contributed by atoms with Gasteiger partial charge in [0.2, 0.25) is 0 Å². The topological polar surface area (TPSA) is 75.8 Å². The fourth-order valence-electron chi connectivity index (χ4n) is 3.17. The van der Waals surface area contributed by atoms with Crippen molar-refractivity contribution >= 4 is 5.69 Å². The number of nitro groups is 1. The van der Waals surface area contributed by atoms with Crippen LogP contribution in [0.25, 0.3) is 0 Å². The van der Waals surface area contributed by atoms with E-state index < -0.39 is 0 Å². The van der Waals surface area contributed by atoms with E-state index in [-0.39, 0.29) is 16.4 Å². The predicted octanol–water partition coefficient (Wildman–Crippen LogP) is 2.91. The Bertz CT molecular complexity index is 761. The molecule has 0 aromatic heterocycles. The third-order valence-electron chi connectivity index (χ3n) is 4.48. The molecule has 1 aliphatic rings. The first kappa shape index (κ1) is 16.3. The third kappa shape index (κ3) is 3.33. The first-order valence-corrected chi connectivity index (χ1v) is 7.92. The summed E-state index contributed by atoms with van der Waals surface area (Å²) in [7, 11) is 1.54. The van der Waals surface area contributed by atoms with Gasteiger partial charge in [0.1, 0.15) is 0 Å². The molecule has 2 aromatic carbocycles. The summed E-state index contributed by atoms with van der Waals surface area (Å²) in [6.45, 7) is 2.37. The van der Waals surface area contributed by atoms with Gasteiger partial charge >= 0.3 is 0 Å². The molecule has 0 radical (unpaired) electrons. The molecular formula is C18H20N2O4. The average molecular weight is 328 g/mol. The molecule has 0 saturated heterocycles. The van der Waals surface area contributed by atoms with E-state index in [0.29, 0.717) is 12.2 Å². The van der Waals surface area contributed by atoms with Crippen molar-refractivity contribution in [1.82, 2.24) is 4.90 Å². The Hall–Kier alpha value is -2.60. The highest BCUT2D eigenvalue weighted by Gasteiger charge is 2.20. The van der Waals surface area contributed by atoms with Crippen molar-refractivity contribution in [3.8, 4) is 11.5 Å². The van der Waals surface area contributed by atoms with Gasteiger partial charge in [-0.15, -0.1) is 0 Å². The molecule has 0 spiro atoms. The van der Waals surface area contributed by atoms with Crippen molar-refractivity contribution < 1.29 is 14.8 Å². The molecule has 1 aliphatic heterocycles. The molecule has 6 heteroatoms. The number of para-hydroxylation sites is 1. The van der Waals surface area contributed by atoms with E-state index in [4.69, 9.17) is 4.74 Å². The maximum atomic E-state index is 11.1. The van der Waals surface area contributed by atoms with E-state index >= 15 is 0 Å². The second-order valence-electron chi connectivity index (χ2n) is 5.95. The zero-order valence-corrected chi connectivity index (χ0v) is 13.6. The molecule has 0 atom stereocenters. The zero-order valence-electron chi connectivity index (χ0n) is 13.6. The van der Waals surface area contributed by atoms with Crippen molar-refractivity contribution in [1.29, 1.82) is 0 Å². The van der Waals surface area contributed by atoms with Crippen LogP contribution in [0.1, 0.15) is 16.7 Å². The van der Waals surface area contributed by atoms with Gasteiger partial charge in [-0.1, -0.05) is 18.2 Å². The average Bonchev–Trinajstić information content (AvgIpc) is 2.59. The van der Waals surface area contributed by atoms with Gasteiger partial charge in [-0.05, 0) is 36.1 Å². The summed E-state index contributed by atoms with van der Waals surface area (Å²) in [6.07, 6.45) is 1.51. The number of methoxy groups -OCH3 is 1. The third-order valence-corrected chi connectivity index (χ3v) is 4.48. The van der Waals surface area contributed by atoms with E-state index in [0.717, 1.165) is 37.2 Å². The fraction of sp³-hybridized carbons (Fsp3) is 0.333. The highest BCUT2D eigenvalue weighted by atomic mass is 16.6. The molecule has 3 rings (SSSR count). The Kier molecular flexibility index (Phi) is 4.66. The van der Waals surface area contributed by atoms with Gasteiger partial charge < -0.3 is 9.84 Å². The molecule has 0 bridgehead atoms. The molecule has 0 amide bonds. The Labute approximate surface area is 140 Å². The van der Waals surface area contributed by atoms with Gasteiger partial charge in [0, 0.05) is 31.3 Å². The molecule has 2 aromatic rings. The van der Waals surface area contributed by atoms with Crippen LogP contribution >= 0.6 is 0 Å². The molecule has 0 saturated carbocycles. The van der Waals surface area contributed by atoms with Crippen molar-refractivity contribution in [3.63, 3.8) is 0 Å². The highest BCUT2D eigenvalue weighted by molar-refractivity contribution is 5.47. The largest absolute Gasteiger partial charge is 0.504 e. The van der Waals surface area contributed by atoms with E-state index in [1.807, 2.05) is 18.2 Å². The molecule has 6 nitrogen and oxygen atoms in total. The number of benzene rings is 2. The van der Waals surface area contributed by atoms with Crippen molar-refractivity contribution in [2.24, 2.45) is 0 Å². The Balaban J connectivity index is 1.69. The molecule has 1 heterocycles. The smallest absolute Gasteiger partial charge is 0.272 e. The number of ether oxygens (including phenoxy) is 1. The van der Waals surface area contributed by atoms with Crippen LogP contribution in [0, 0.1) is 10.1 Å². The number of nitrogens with zero attached hydrogens (tertiary/aromatic N) is 2. The molecule has 0 fully saturated rings. The maximum absolute atomic E-state index is 11.1. The standard InChI is InChI=1S/C18H20N2O4/c1-24-18-11-14-7-9-19(12-15(14)10-17(18)21)8-6-13-4-2-3-5-16(13)20(22)23/h2-5,10-11,21H,6-9,12H2,1H3. The maximum Gasteiger partial charge on any atom is 0.272 e. The number of phenols is 1. The normalized spacial score (nSPS) is 14.2. The summed E-state index contributed by atoms with van der Waals surface area (Å²) >= 11 is 0. The number of hydrogen-bond donors (Lipinski definition) is 1. The highest BCUT2D eigenvalue weighted by Crippen LogP contribution is 2.32. The van der Waals surface area contributed by atoms with E-state index in [2.05, 4.69) is 4.90 Å². The van der Waals surface area contributed by atoms with Gasteiger partial charge in [0.05, 0.1) is 12.0 Å². The lowest BCUT2D eigenvalue weighted by atomic mass is 9.98. The van der Waals surface area contributed by atoms with Crippen LogP contribution in [0.4, 0.5) is 5.69 Å². The number of phenolic OH excluding ortho intramolecular Hbond substituents is 1. The van der Waals surface area contributed by atoms with E-state index in [1.54, 1.807) is 25.3 Å². The van der Waals surface area contributed by atoms with Crippen molar-refractivity contribution in [2.75, 3.05) is 20.2 Å². The molecule has 126 valence electrons. The summed E-state index contributed by atoms with van der Waals surface area (Å²) in [5.41, 5.74) is 3.21. The van der Waals surface area contributed by atoms with Crippen LogP contribution in [0.15, 0.2) is 36.4 Å². The summed E-state index contributed by atoms with van der Waals surface area (Å²) in [5, 5.41) is 21.0. The Morgan fingerprint density at radius 1 is 1.29 bits per heavy atom. The Morgan fingerprint density at radius 3 is 2.83 bits per heavy atom. The number of fused-ring (bicyclic) bond motifs is 1. The lowest BCUT2D eigenvalue weighted by molar-refractivity contribution is -0.385. The van der Waals surface area contributed by atoms with Gasteiger partial charge in [-0.25, -0.2) is 0 Å². The van der Waals surface area contributed by atoms with Crippen LogP contribution in [0.2, 0.25) is 0 Å². The molecule has 1 N–H and O–H groups in total. The minimum Gasteiger partial charge on any atom is -0.504 e. The summed E-state index contributed by atoms with van der Waals surface area (Å²) in [6, 6.07) is 10.5. The first-order valence-electron chi connectivity index (χ1n) is 7.92. The number of aromatic hydroxyl groups is 1. The second kappa shape index (κ2) is 6.88. The van der Waals surface area contributed by atoms with Gasteiger partial charge in [0.25, 0.3) is 5.69 Å². The second-order valence-corrected chi connectivity index (χ2v) is 5.95. The molecule has 0 unspecified atom stereocenters. The quantitative estimate of drug-likeness (QED) is 0.674. The SMILES string of the molecule is COc1cc2c(cc1O)CN(CCc1ccccc1[N+](=O)[O-])CC2. The van der Waals surface area contributed by atoms with Crippen LogP contribution in [-0.2, 0) is 19.4 Å². The van der Waals surface area contributed by atoms with Gasteiger partial charge in [0.15, 0.2) is 11.5 Å². The minimum absolute atomic E-state index is 0.150. The lowest BCUT2D eigenvalue weighted by Crippen LogP contribution is -2.32. The van der Waals surface area contributed by atoms with E-state index in [9.17, 15) is 15.2 Å². The molecule has 0 aliphatic carbocycles. The molecule has 24 heavy (non-hydrogen) atoms. The lowest BCUT2D eigenvalue weighted by Gasteiger charge is -2.29. The van der Waals surface area contributed by atoms with Gasteiger partial charge in [-0.2, -0.15) is 0 Å². The van der Waals surface area contributed by atoms with Crippen molar-refractivity contribution in [2.45, 2.75) is 19.4 Å². The van der Waals surface area contributed by atoms with E-state index in [1.165, 1.54) is 5.56 Å². The predicted molar refractivity (Wildman–Crippen MR) is 90.4 cm³/mol.